The number of hydrogen-bond acceptors (Lipinski definition) is 6. The van der Waals surface area contributed by atoms with Gasteiger partial charge in [0.25, 0.3) is 0 Å². The van der Waals surface area contributed by atoms with E-state index >= 15 is 0 Å². The highest BCUT2D eigenvalue weighted by Gasteiger charge is 2.51. The molecule has 210 valence electrons. The minimum absolute atomic E-state index is 0.0258. The topological polar surface area (TPSA) is 68.2 Å². The maximum absolute atomic E-state index is 13.2. The van der Waals surface area contributed by atoms with Crippen molar-refractivity contribution in [1.82, 2.24) is 5.06 Å². The minimum atomic E-state index is -2.12. The Kier molecular flexibility index (Phi) is 9.44. The molecule has 0 spiro atoms. The van der Waals surface area contributed by atoms with E-state index in [1.807, 2.05) is 39.8 Å². The molecule has 6 nitrogen and oxygen atoms in total. The van der Waals surface area contributed by atoms with Crippen molar-refractivity contribution >= 4 is 14.3 Å². The van der Waals surface area contributed by atoms with Gasteiger partial charge in [-0.1, -0.05) is 32.9 Å². The lowest BCUT2D eigenvalue weighted by molar-refractivity contribution is -0.293. The van der Waals surface area contributed by atoms with Crippen molar-refractivity contribution in [3.05, 3.63) is 12.2 Å². The number of carbonyl (C=O) groups excluding carboxylic acids is 1. The van der Waals surface area contributed by atoms with Crippen LogP contribution in [0, 0.1) is 11.8 Å². The highest BCUT2D eigenvalue weighted by atomic mass is 28.4. The smallest absolute Gasteiger partial charge is 0.312 e. The lowest BCUT2D eigenvalue weighted by atomic mass is 9.82. The van der Waals surface area contributed by atoms with Crippen LogP contribution in [0.4, 0.5) is 0 Å². The summed E-state index contributed by atoms with van der Waals surface area (Å²) in [5.74, 6) is -1.31. The van der Waals surface area contributed by atoms with Gasteiger partial charge in [0, 0.05) is 17.0 Å². The summed E-state index contributed by atoms with van der Waals surface area (Å²) in [4.78, 5) is 19.7. The normalized spacial score (nSPS) is 30.5. The van der Waals surface area contributed by atoms with Crippen molar-refractivity contribution in [2.45, 2.75) is 155 Å². The van der Waals surface area contributed by atoms with Gasteiger partial charge in [-0.15, -0.1) is 0 Å². The van der Waals surface area contributed by atoms with Gasteiger partial charge >= 0.3 is 5.97 Å². The molecular formula is C29H55NO5Si. The van der Waals surface area contributed by atoms with Crippen molar-refractivity contribution in [2.24, 2.45) is 11.8 Å². The fraction of sp³-hybridized carbons (Fsp3) is 0.897. The fourth-order valence-corrected chi connectivity index (χ4v) is 6.75. The number of hydroxylamine groups is 2. The lowest BCUT2D eigenvalue weighted by Crippen LogP contribution is -2.59. The monoisotopic (exact) mass is 525 g/mol. The molecule has 2 aliphatic rings. The minimum Gasteiger partial charge on any atom is -0.460 e. The van der Waals surface area contributed by atoms with E-state index in [1.54, 1.807) is 0 Å². The predicted molar refractivity (Wildman–Crippen MR) is 149 cm³/mol. The van der Waals surface area contributed by atoms with E-state index in [0.29, 0.717) is 6.42 Å². The molecule has 1 aliphatic carbocycles. The Morgan fingerprint density at radius 1 is 1.06 bits per heavy atom. The van der Waals surface area contributed by atoms with Crippen molar-refractivity contribution in [3.63, 3.8) is 0 Å². The Bertz CT molecular complexity index is 776. The van der Waals surface area contributed by atoms with Gasteiger partial charge < -0.3 is 14.3 Å². The Labute approximate surface area is 222 Å². The molecule has 5 atom stereocenters. The zero-order valence-electron chi connectivity index (χ0n) is 25.4. The number of aliphatic hydroxyl groups excluding tert-OH is 1. The molecule has 0 amide bonds. The molecule has 36 heavy (non-hydrogen) atoms. The zero-order chi connectivity index (χ0) is 27.9. The van der Waals surface area contributed by atoms with Gasteiger partial charge in [0.1, 0.15) is 5.60 Å². The van der Waals surface area contributed by atoms with Gasteiger partial charge in [0.2, 0.25) is 0 Å². The molecule has 1 heterocycles. The van der Waals surface area contributed by atoms with Crippen LogP contribution in [0.1, 0.15) is 102 Å². The number of rotatable bonds is 7. The highest BCUT2D eigenvalue weighted by molar-refractivity contribution is 6.74. The number of piperidine rings is 1. The molecule has 0 radical (unpaired) electrons. The van der Waals surface area contributed by atoms with Crippen LogP contribution in [0.25, 0.3) is 0 Å². The molecule has 0 unspecified atom stereocenters. The Balaban J connectivity index is 2.31. The van der Waals surface area contributed by atoms with Gasteiger partial charge in [0.15, 0.2) is 8.32 Å². The first-order valence-electron chi connectivity index (χ1n) is 13.8. The maximum Gasteiger partial charge on any atom is 0.312 e. The third-order valence-corrected chi connectivity index (χ3v) is 12.7. The summed E-state index contributed by atoms with van der Waals surface area (Å²) < 4.78 is 12.5. The SMILES string of the molecule is C[C@H](C=C[C@@H]1[C@@H](C(=O)OC(C)(C)C)[C@@H](O)C[C@H]1O[Si](C)(C)C(C)(C)C)ON1C(C)(C)CCCC1(C)C. The van der Waals surface area contributed by atoms with E-state index in [2.05, 4.69) is 66.6 Å². The summed E-state index contributed by atoms with van der Waals surface area (Å²) in [6.45, 7) is 27.6. The number of aliphatic hydroxyl groups is 1. The van der Waals surface area contributed by atoms with Gasteiger partial charge in [0.05, 0.1) is 24.2 Å². The summed E-state index contributed by atoms with van der Waals surface area (Å²) in [5, 5.41) is 13.2. The molecule has 2 rings (SSSR count). The summed E-state index contributed by atoms with van der Waals surface area (Å²) in [5.41, 5.74) is -0.730. The van der Waals surface area contributed by atoms with Crippen LogP contribution in [0.15, 0.2) is 12.2 Å². The zero-order valence-corrected chi connectivity index (χ0v) is 26.4. The van der Waals surface area contributed by atoms with E-state index in [1.165, 1.54) is 6.42 Å². The van der Waals surface area contributed by atoms with Crippen molar-refractivity contribution in [3.8, 4) is 0 Å². The second-order valence-corrected chi connectivity index (χ2v) is 19.6. The Morgan fingerprint density at radius 2 is 1.58 bits per heavy atom. The molecule has 7 heteroatoms. The van der Waals surface area contributed by atoms with Crippen LogP contribution in [0.2, 0.25) is 18.1 Å². The molecule has 1 aliphatic heterocycles. The van der Waals surface area contributed by atoms with E-state index in [4.69, 9.17) is 14.0 Å². The van der Waals surface area contributed by atoms with E-state index in [9.17, 15) is 9.90 Å². The number of nitrogens with zero attached hydrogens (tertiary/aromatic N) is 1. The first-order valence-corrected chi connectivity index (χ1v) is 16.7. The second-order valence-electron chi connectivity index (χ2n) is 14.8. The van der Waals surface area contributed by atoms with Gasteiger partial charge in [-0.2, -0.15) is 5.06 Å². The van der Waals surface area contributed by atoms with Crippen LogP contribution >= 0.6 is 0 Å². The molecular weight excluding hydrogens is 470 g/mol. The van der Waals surface area contributed by atoms with Crippen LogP contribution in [0.3, 0.4) is 0 Å². The standard InChI is InChI=1S/C29H55NO5Si/c1-20(34-30-28(8,9)17-14-18-29(30,10)11)15-16-21-23(35-36(12,13)27(5,6)7)19-22(31)24(21)25(32)33-26(2,3)4/h15-16,20-24,31H,14,17-19H2,1-13H3/t20-,21+,22+,23-,24-/m1/s1. The summed E-state index contributed by atoms with van der Waals surface area (Å²) in [6, 6.07) is 0. The fourth-order valence-electron chi connectivity index (χ4n) is 5.39. The van der Waals surface area contributed by atoms with Gasteiger partial charge in [-0.25, -0.2) is 0 Å². The molecule has 0 aromatic carbocycles. The summed E-state index contributed by atoms with van der Waals surface area (Å²) in [6.07, 6.45) is 6.62. The second kappa shape index (κ2) is 10.8. The van der Waals surface area contributed by atoms with Gasteiger partial charge in [-0.05, 0) is 99.2 Å². The average Bonchev–Trinajstić information content (AvgIpc) is 2.94. The first kappa shape index (κ1) is 31.5. The highest BCUT2D eigenvalue weighted by Crippen LogP contribution is 2.44. The number of ether oxygens (including phenoxy) is 1. The molecule has 2 fully saturated rings. The van der Waals surface area contributed by atoms with Crippen LogP contribution < -0.4 is 0 Å². The first-order chi connectivity index (χ1) is 16.1. The summed E-state index contributed by atoms with van der Waals surface area (Å²) >= 11 is 0. The largest absolute Gasteiger partial charge is 0.460 e. The number of hydrogen-bond donors (Lipinski definition) is 1. The Hall–Kier alpha value is -0.733. The molecule has 1 saturated heterocycles. The third-order valence-electron chi connectivity index (χ3n) is 8.22. The molecule has 1 N–H and O–H groups in total. The predicted octanol–water partition coefficient (Wildman–Crippen LogP) is 6.63. The maximum atomic E-state index is 13.2. The Morgan fingerprint density at radius 3 is 2.06 bits per heavy atom. The van der Waals surface area contributed by atoms with E-state index in [0.717, 1.165) is 12.8 Å². The molecule has 0 bridgehead atoms. The quantitative estimate of drug-likeness (QED) is 0.228. The lowest BCUT2D eigenvalue weighted by Gasteiger charge is -2.52. The van der Waals surface area contributed by atoms with E-state index < -0.39 is 25.9 Å². The number of carbonyl (C=O) groups is 1. The molecule has 0 aromatic rings. The summed E-state index contributed by atoms with van der Waals surface area (Å²) in [7, 11) is -2.12. The average molecular weight is 526 g/mol. The number of esters is 1. The molecule has 1 saturated carbocycles. The van der Waals surface area contributed by atoms with Crippen LogP contribution in [-0.4, -0.2) is 59.4 Å². The van der Waals surface area contributed by atoms with Gasteiger partial charge in [-0.3, -0.25) is 9.63 Å². The van der Waals surface area contributed by atoms with E-state index in [-0.39, 0.29) is 40.2 Å². The third kappa shape index (κ3) is 7.65. The van der Waals surface area contributed by atoms with Crippen molar-refractivity contribution in [2.75, 3.05) is 0 Å². The van der Waals surface area contributed by atoms with Crippen molar-refractivity contribution < 1.29 is 23.9 Å². The van der Waals surface area contributed by atoms with Crippen LogP contribution in [-0.2, 0) is 18.8 Å². The molecule has 0 aromatic heterocycles. The van der Waals surface area contributed by atoms with Crippen molar-refractivity contribution in [1.29, 1.82) is 0 Å². The van der Waals surface area contributed by atoms with Crippen LogP contribution in [0.5, 0.6) is 0 Å².